The monoisotopic (exact) mass is 236 g/mol. The number of hydrogen-bond donors (Lipinski definition) is 1. The molecular weight excluding hydrogens is 212 g/mol. The number of aryl methyl sites for hydroxylation is 1. The Kier molecular flexibility index (Phi) is 5.42. The molecule has 96 valence electrons. The zero-order valence-electron chi connectivity index (χ0n) is 11.4. The van der Waals surface area contributed by atoms with E-state index in [1.165, 1.54) is 12.8 Å². The molecule has 1 unspecified atom stereocenters. The molecule has 1 heterocycles. The van der Waals surface area contributed by atoms with Gasteiger partial charge in [0.1, 0.15) is 0 Å². The lowest BCUT2D eigenvalue weighted by Gasteiger charge is -2.13. The standard InChI is InChI=1S/C14H24N2O/c1-5-6-10(2)8-17-9-13-12(4)14(15)11(3)7-16-13/h7,10H,5-6,8-9H2,1-4H3,(H2,15,16). The lowest BCUT2D eigenvalue weighted by molar-refractivity contribution is 0.0869. The number of nitrogens with zero attached hydrogens (tertiary/aromatic N) is 1. The van der Waals surface area contributed by atoms with Crippen LogP contribution in [0.4, 0.5) is 5.69 Å². The molecule has 0 radical (unpaired) electrons. The zero-order valence-corrected chi connectivity index (χ0v) is 11.4. The molecule has 0 fully saturated rings. The van der Waals surface area contributed by atoms with Crippen molar-refractivity contribution in [1.29, 1.82) is 0 Å². The van der Waals surface area contributed by atoms with E-state index in [2.05, 4.69) is 18.8 Å². The average molecular weight is 236 g/mol. The minimum Gasteiger partial charge on any atom is -0.398 e. The fourth-order valence-electron chi connectivity index (χ4n) is 1.87. The van der Waals surface area contributed by atoms with Crippen LogP contribution in [0.15, 0.2) is 6.20 Å². The van der Waals surface area contributed by atoms with Gasteiger partial charge in [-0.05, 0) is 37.3 Å². The van der Waals surface area contributed by atoms with E-state index in [1.54, 1.807) is 0 Å². The van der Waals surface area contributed by atoms with Crippen molar-refractivity contribution in [3.63, 3.8) is 0 Å². The number of nitrogen functional groups attached to an aromatic ring is 1. The predicted octanol–water partition coefficient (Wildman–Crippen LogP) is 3.23. The molecule has 0 saturated heterocycles. The smallest absolute Gasteiger partial charge is 0.0891 e. The van der Waals surface area contributed by atoms with Crippen LogP contribution in [0.2, 0.25) is 0 Å². The highest BCUT2D eigenvalue weighted by atomic mass is 16.5. The Morgan fingerprint density at radius 1 is 1.41 bits per heavy atom. The Morgan fingerprint density at radius 2 is 2.12 bits per heavy atom. The number of nitrogens with two attached hydrogens (primary N) is 1. The van der Waals surface area contributed by atoms with Crippen molar-refractivity contribution in [3.8, 4) is 0 Å². The van der Waals surface area contributed by atoms with E-state index in [1.807, 2.05) is 20.0 Å². The first kappa shape index (κ1) is 14.0. The third-order valence-corrected chi connectivity index (χ3v) is 3.10. The summed E-state index contributed by atoms with van der Waals surface area (Å²) in [5.74, 6) is 0.614. The van der Waals surface area contributed by atoms with Gasteiger partial charge in [0, 0.05) is 18.5 Å². The Balaban J connectivity index is 2.50. The highest BCUT2D eigenvalue weighted by molar-refractivity contribution is 5.53. The van der Waals surface area contributed by atoms with E-state index in [0.29, 0.717) is 12.5 Å². The lowest BCUT2D eigenvalue weighted by atomic mass is 10.1. The van der Waals surface area contributed by atoms with Crippen LogP contribution in [0.25, 0.3) is 0 Å². The number of ether oxygens (including phenoxy) is 1. The van der Waals surface area contributed by atoms with Crippen LogP contribution < -0.4 is 5.73 Å². The number of aromatic nitrogens is 1. The number of rotatable bonds is 6. The van der Waals surface area contributed by atoms with Gasteiger partial charge >= 0.3 is 0 Å². The maximum Gasteiger partial charge on any atom is 0.0891 e. The van der Waals surface area contributed by atoms with Crippen molar-refractivity contribution >= 4 is 5.69 Å². The summed E-state index contributed by atoms with van der Waals surface area (Å²) in [6, 6.07) is 0. The van der Waals surface area contributed by atoms with Gasteiger partial charge in [0.05, 0.1) is 12.3 Å². The lowest BCUT2D eigenvalue weighted by Crippen LogP contribution is -2.08. The SMILES string of the molecule is CCCC(C)COCc1ncc(C)c(N)c1C. The molecule has 1 atom stereocenters. The molecule has 0 bridgehead atoms. The van der Waals surface area contributed by atoms with E-state index in [9.17, 15) is 0 Å². The maximum absolute atomic E-state index is 5.97. The maximum atomic E-state index is 5.97. The summed E-state index contributed by atoms with van der Waals surface area (Å²) >= 11 is 0. The summed E-state index contributed by atoms with van der Waals surface area (Å²) in [6.07, 6.45) is 4.23. The second kappa shape index (κ2) is 6.60. The van der Waals surface area contributed by atoms with Gasteiger partial charge in [0.15, 0.2) is 0 Å². The molecule has 1 aromatic rings. The molecule has 1 rings (SSSR count). The van der Waals surface area contributed by atoms with E-state index >= 15 is 0 Å². The molecular formula is C14H24N2O. The highest BCUT2D eigenvalue weighted by Gasteiger charge is 2.07. The normalized spacial score (nSPS) is 12.7. The predicted molar refractivity (Wildman–Crippen MR) is 71.9 cm³/mol. The molecule has 17 heavy (non-hydrogen) atoms. The second-order valence-corrected chi connectivity index (χ2v) is 4.84. The minimum atomic E-state index is 0.560. The van der Waals surface area contributed by atoms with Crippen molar-refractivity contribution < 1.29 is 4.74 Å². The van der Waals surface area contributed by atoms with E-state index < -0.39 is 0 Å². The first-order chi connectivity index (χ1) is 8.06. The fourth-order valence-corrected chi connectivity index (χ4v) is 1.87. The van der Waals surface area contributed by atoms with Gasteiger partial charge in [0.2, 0.25) is 0 Å². The molecule has 0 saturated carbocycles. The van der Waals surface area contributed by atoms with E-state index in [0.717, 1.165) is 29.1 Å². The van der Waals surface area contributed by atoms with Crippen LogP contribution >= 0.6 is 0 Å². The van der Waals surface area contributed by atoms with Crippen molar-refractivity contribution in [3.05, 3.63) is 23.0 Å². The zero-order chi connectivity index (χ0) is 12.8. The fraction of sp³-hybridized carbons (Fsp3) is 0.643. The summed E-state index contributed by atoms with van der Waals surface area (Å²) in [7, 11) is 0. The number of hydrogen-bond acceptors (Lipinski definition) is 3. The van der Waals surface area contributed by atoms with Crippen LogP contribution in [-0.4, -0.2) is 11.6 Å². The van der Waals surface area contributed by atoms with Gasteiger partial charge in [0.25, 0.3) is 0 Å². The minimum absolute atomic E-state index is 0.560. The molecule has 0 aliphatic rings. The van der Waals surface area contributed by atoms with Gasteiger partial charge in [-0.3, -0.25) is 4.98 Å². The first-order valence-electron chi connectivity index (χ1n) is 6.34. The van der Waals surface area contributed by atoms with Gasteiger partial charge in [-0.1, -0.05) is 20.3 Å². The number of pyridine rings is 1. The molecule has 0 amide bonds. The largest absolute Gasteiger partial charge is 0.398 e. The number of anilines is 1. The van der Waals surface area contributed by atoms with Crippen LogP contribution in [-0.2, 0) is 11.3 Å². The van der Waals surface area contributed by atoms with Crippen LogP contribution in [0.5, 0.6) is 0 Å². The molecule has 0 aliphatic carbocycles. The van der Waals surface area contributed by atoms with E-state index in [4.69, 9.17) is 10.5 Å². The molecule has 3 nitrogen and oxygen atoms in total. The Hall–Kier alpha value is -1.09. The summed E-state index contributed by atoms with van der Waals surface area (Å²) in [5, 5.41) is 0. The van der Waals surface area contributed by atoms with Gasteiger partial charge in [-0.2, -0.15) is 0 Å². The topological polar surface area (TPSA) is 48.1 Å². The van der Waals surface area contributed by atoms with Gasteiger partial charge < -0.3 is 10.5 Å². The quantitative estimate of drug-likeness (QED) is 0.825. The third-order valence-electron chi connectivity index (χ3n) is 3.10. The van der Waals surface area contributed by atoms with Crippen molar-refractivity contribution in [1.82, 2.24) is 4.98 Å². The third kappa shape index (κ3) is 4.00. The first-order valence-corrected chi connectivity index (χ1v) is 6.34. The molecule has 0 aromatic carbocycles. The van der Waals surface area contributed by atoms with Crippen molar-refractivity contribution in [2.45, 2.75) is 47.1 Å². The van der Waals surface area contributed by atoms with Crippen LogP contribution in [0.3, 0.4) is 0 Å². The second-order valence-electron chi connectivity index (χ2n) is 4.84. The molecule has 2 N–H and O–H groups in total. The highest BCUT2D eigenvalue weighted by Crippen LogP contribution is 2.18. The summed E-state index contributed by atoms with van der Waals surface area (Å²) in [5.41, 5.74) is 9.84. The van der Waals surface area contributed by atoms with Crippen LogP contribution in [0.1, 0.15) is 43.5 Å². The Labute approximate surface area is 104 Å². The molecule has 0 aliphatic heterocycles. The summed E-state index contributed by atoms with van der Waals surface area (Å²) < 4.78 is 5.69. The average Bonchev–Trinajstić information content (AvgIpc) is 2.29. The summed E-state index contributed by atoms with van der Waals surface area (Å²) in [4.78, 5) is 4.38. The van der Waals surface area contributed by atoms with Gasteiger partial charge in [-0.15, -0.1) is 0 Å². The molecule has 1 aromatic heterocycles. The summed E-state index contributed by atoms with van der Waals surface area (Å²) in [6.45, 7) is 9.75. The van der Waals surface area contributed by atoms with Crippen molar-refractivity contribution in [2.24, 2.45) is 5.92 Å². The molecule has 3 heteroatoms. The Morgan fingerprint density at radius 3 is 2.76 bits per heavy atom. The van der Waals surface area contributed by atoms with Gasteiger partial charge in [-0.25, -0.2) is 0 Å². The van der Waals surface area contributed by atoms with Crippen LogP contribution in [0, 0.1) is 19.8 Å². The van der Waals surface area contributed by atoms with Crippen molar-refractivity contribution in [2.75, 3.05) is 12.3 Å². The Bertz CT molecular complexity index is 363. The molecule has 0 spiro atoms. The van der Waals surface area contributed by atoms with E-state index in [-0.39, 0.29) is 0 Å².